The summed E-state index contributed by atoms with van der Waals surface area (Å²) in [5.74, 6) is 0. The Hall–Kier alpha value is -1.20. The van der Waals surface area contributed by atoms with E-state index in [1.54, 1.807) is 11.3 Å². The number of hydrogen-bond donors (Lipinski definition) is 1. The number of thiazole rings is 1. The number of nitrogens with two attached hydrogens (primary N) is 1. The van der Waals surface area contributed by atoms with Crippen molar-refractivity contribution in [1.29, 1.82) is 0 Å². The van der Waals surface area contributed by atoms with Gasteiger partial charge in [0.05, 0.1) is 10.7 Å². The Morgan fingerprint density at radius 1 is 1.50 bits per heavy atom. The minimum Gasteiger partial charge on any atom is -0.323 e. The smallest absolute Gasteiger partial charge is 0.0897 e. The lowest BCUT2D eigenvalue weighted by molar-refractivity contribution is 0.645. The van der Waals surface area contributed by atoms with E-state index >= 15 is 0 Å². The molecule has 0 saturated heterocycles. The van der Waals surface area contributed by atoms with Gasteiger partial charge in [-0.2, -0.15) is 5.10 Å². The van der Waals surface area contributed by atoms with E-state index < -0.39 is 0 Å². The largest absolute Gasteiger partial charge is 0.323 e. The van der Waals surface area contributed by atoms with Crippen LogP contribution in [0.3, 0.4) is 0 Å². The van der Waals surface area contributed by atoms with Gasteiger partial charge in [-0.1, -0.05) is 0 Å². The molecule has 0 amide bonds. The van der Waals surface area contributed by atoms with Crippen LogP contribution in [0.4, 0.5) is 0 Å². The molecule has 0 spiro atoms. The summed E-state index contributed by atoms with van der Waals surface area (Å²) in [5, 5.41) is 5.37. The molecule has 0 aliphatic rings. The zero-order valence-corrected chi connectivity index (χ0v) is 10.6. The van der Waals surface area contributed by atoms with Gasteiger partial charge in [-0.05, 0) is 19.9 Å². The second-order valence-corrected chi connectivity index (χ2v) is 5.26. The van der Waals surface area contributed by atoms with E-state index in [0.29, 0.717) is 0 Å². The molecule has 16 heavy (non-hydrogen) atoms. The van der Waals surface area contributed by atoms with E-state index in [2.05, 4.69) is 16.1 Å². The summed E-state index contributed by atoms with van der Waals surface area (Å²) in [6.45, 7) is 3.99. The highest BCUT2D eigenvalue weighted by Gasteiger charge is 2.12. The lowest BCUT2D eigenvalue weighted by Crippen LogP contribution is -2.14. The second-order valence-electron chi connectivity index (χ2n) is 3.99. The van der Waals surface area contributed by atoms with Crippen molar-refractivity contribution in [2.75, 3.05) is 0 Å². The summed E-state index contributed by atoms with van der Waals surface area (Å²) >= 11 is 1.66. The van der Waals surface area contributed by atoms with Crippen LogP contribution in [0.15, 0.2) is 12.3 Å². The first-order valence-corrected chi connectivity index (χ1v) is 6.05. The highest BCUT2D eigenvalue weighted by molar-refractivity contribution is 7.11. The molecular formula is C11H16N4S. The van der Waals surface area contributed by atoms with Gasteiger partial charge in [0.25, 0.3) is 0 Å². The van der Waals surface area contributed by atoms with Crippen LogP contribution in [-0.4, -0.2) is 14.8 Å². The second kappa shape index (κ2) is 4.35. The van der Waals surface area contributed by atoms with Crippen molar-refractivity contribution in [2.24, 2.45) is 12.8 Å². The van der Waals surface area contributed by atoms with Gasteiger partial charge in [-0.25, -0.2) is 4.98 Å². The van der Waals surface area contributed by atoms with Crippen LogP contribution in [-0.2, 0) is 13.5 Å². The van der Waals surface area contributed by atoms with Gasteiger partial charge in [0.15, 0.2) is 0 Å². The first kappa shape index (κ1) is 11.3. The molecule has 0 aromatic carbocycles. The van der Waals surface area contributed by atoms with Gasteiger partial charge in [0.1, 0.15) is 0 Å². The topological polar surface area (TPSA) is 56.7 Å². The first-order valence-electron chi connectivity index (χ1n) is 5.23. The Labute approximate surface area is 99.1 Å². The molecule has 2 N–H and O–H groups in total. The van der Waals surface area contributed by atoms with E-state index in [1.807, 2.05) is 31.8 Å². The number of hydrogen-bond acceptors (Lipinski definition) is 4. The molecule has 2 aromatic heterocycles. The summed E-state index contributed by atoms with van der Waals surface area (Å²) in [5.41, 5.74) is 8.34. The molecule has 0 bridgehead atoms. The summed E-state index contributed by atoms with van der Waals surface area (Å²) in [7, 11) is 1.95. The van der Waals surface area contributed by atoms with E-state index in [9.17, 15) is 0 Å². The fourth-order valence-corrected chi connectivity index (χ4v) is 2.52. The maximum atomic E-state index is 6.15. The van der Waals surface area contributed by atoms with Crippen molar-refractivity contribution in [3.05, 3.63) is 33.5 Å². The minimum atomic E-state index is 0.0148. The summed E-state index contributed by atoms with van der Waals surface area (Å²) in [6, 6.07) is 2.09. The molecule has 2 aromatic rings. The lowest BCUT2D eigenvalue weighted by Gasteiger charge is -2.08. The molecule has 0 aliphatic heterocycles. The van der Waals surface area contributed by atoms with E-state index in [-0.39, 0.29) is 6.04 Å². The average Bonchev–Trinajstić information content (AvgIpc) is 2.74. The Morgan fingerprint density at radius 2 is 2.25 bits per heavy atom. The van der Waals surface area contributed by atoms with Crippen molar-refractivity contribution in [2.45, 2.75) is 26.3 Å². The Bertz CT molecular complexity index is 486. The fourth-order valence-electron chi connectivity index (χ4n) is 1.73. The number of aryl methyl sites for hydroxylation is 3. The predicted octanol–water partition coefficient (Wildman–Crippen LogP) is 1.74. The molecule has 0 saturated carbocycles. The molecule has 4 nitrogen and oxygen atoms in total. The third kappa shape index (κ3) is 2.31. The molecule has 5 heteroatoms. The zero-order chi connectivity index (χ0) is 11.7. The minimum absolute atomic E-state index is 0.0148. The molecule has 1 atom stereocenters. The normalized spacial score (nSPS) is 13.0. The molecule has 2 heterocycles. The Balaban J connectivity index is 2.13. The van der Waals surface area contributed by atoms with Gasteiger partial charge >= 0.3 is 0 Å². The summed E-state index contributed by atoms with van der Waals surface area (Å²) in [4.78, 5) is 5.36. The maximum absolute atomic E-state index is 6.15. The van der Waals surface area contributed by atoms with Gasteiger partial charge < -0.3 is 5.73 Å². The van der Waals surface area contributed by atoms with Crippen LogP contribution in [0.2, 0.25) is 0 Å². The standard InChI is InChI=1S/C11H16N4S/c1-7-4-9(15(3)14-7)5-10(12)11-6-13-8(2)16-11/h4,6,10H,5,12H2,1-3H3. The quantitative estimate of drug-likeness (QED) is 0.883. The summed E-state index contributed by atoms with van der Waals surface area (Å²) < 4.78 is 1.89. The Morgan fingerprint density at radius 3 is 2.75 bits per heavy atom. The van der Waals surface area contributed by atoms with Gasteiger partial charge in [-0.3, -0.25) is 4.68 Å². The van der Waals surface area contributed by atoms with Gasteiger partial charge in [0.2, 0.25) is 0 Å². The lowest BCUT2D eigenvalue weighted by atomic mass is 10.1. The van der Waals surface area contributed by atoms with Crippen molar-refractivity contribution >= 4 is 11.3 Å². The van der Waals surface area contributed by atoms with E-state index in [0.717, 1.165) is 27.7 Å². The predicted molar refractivity (Wildman–Crippen MR) is 65.4 cm³/mol. The van der Waals surface area contributed by atoms with E-state index in [1.165, 1.54) is 0 Å². The van der Waals surface area contributed by atoms with Gasteiger partial charge in [0, 0.05) is 36.3 Å². The average molecular weight is 236 g/mol. The highest BCUT2D eigenvalue weighted by Crippen LogP contribution is 2.21. The van der Waals surface area contributed by atoms with Crippen LogP contribution < -0.4 is 5.73 Å². The van der Waals surface area contributed by atoms with Crippen molar-refractivity contribution in [1.82, 2.24) is 14.8 Å². The molecule has 86 valence electrons. The zero-order valence-electron chi connectivity index (χ0n) is 9.77. The van der Waals surface area contributed by atoms with Crippen LogP contribution in [0.1, 0.15) is 27.3 Å². The molecule has 0 radical (unpaired) electrons. The van der Waals surface area contributed by atoms with Crippen LogP contribution in [0.25, 0.3) is 0 Å². The molecule has 0 aliphatic carbocycles. The number of rotatable bonds is 3. The SMILES string of the molecule is Cc1cc(CC(N)c2cnc(C)s2)n(C)n1. The highest BCUT2D eigenvalue weighted by atomic mass is 32.1. The molecular weight excluding hydrogens is 220 g/mol. The number of aromatic nitrogens is 3. The van der Waals surface area contributed by atoms with Crippen LogP contribution >= 0.6 is 11.3 Å². The Kier molecular flexibility index (Phi) is 3.07. The maximum Gasteiger partial charge on any atom is 0.0897 e. The number of nitrogens with zero attached hydrogens (tertiary/aromatic N) is 3. The van der Waals surface area contributed by atoms with Gasteiger partial charge in [-0.15, -0.1) is 11.3 Å². The van der Waals surface area contributed by atoms with Crippen molar-refractivity contribution in [3.63, 3.8) is 0 Å². The molecule has 0 fully saturated rings. The van der Waals surface area contributed by atoms with Crippen molar-refractivity contribution in [3.8, 4) is 0 Å². The van der Waals surface area contributed by atoms with Crippen LogP contribution in [0.5, 0.6) is 0 Å². The van der Waals surface area contributed by atoms with E-state index in [4.69, 9.17) is 5.73 Å². The molecule has 1 unspecified atom stereocenters. The van der Waals surface area contributed by atoms with Crippen molar-refractivity contribution < 1.29 is 0 Å². The monoisotopic (exact) mass is 236 g/mol. The van der Waals surface area contributed by atoms with Crippen LogP contribution in [0, 0.1) is 13.8 Å². The first-order chi connectivity index (χ1) is 7.56. The third-order valence-electron chi connectivity index (χ3n) is 2.53. The fraction of sp³-hybridized carbons (Fsp3) is 0.455. The molecule has 2 rings (SSSR count). The summed E-state index contributed by atoms with van der Waals surface area (Å²) in [6.07, 6.45) is 2.67. The third-order valence-corrected chi connectivity index (χ3v) is 3.58.